The molecule has 0 saturated carbocycles. The van der Waals surface area contributed by atoms with E-state index in [0.29, 0.717) is 0 Å². The summed E-state index contributed by atoms with van der Waals surface area (Å²) in [6.45, 7) is 2.27. The van der Waals surface area contributed by atoms with Gasteiger partial charge < -0.3 is 4.74 Å². The Morgan fingerprint density at radius 1 is 1.37 bits per heavy atom. The maximum absolute atomic E-state index is 5.28. The number of benzene rings is 1. The predicted molar refractivity (Wildman–Crippen MR) is 87.2 cm³/mol. The third-order valence-electron chi connectivity index (χ3n) is 3.79. The molecule has 4 heteroatoms. The summed E-state index contributed by atoms with van der Waals surface area (Å²) in [6, 6.07) is 7.12. The van der Waals surface area contributed by atoms with Gasteiger partial charge in [0.25, 0.3) is 0 Å². The fourth-order valence-corrected chi connectivity index (χ4v) is 3.88. The summed E-state index contributed by atoms with van der Waals surface area (Å²) in [5.41, 5.74) is 1.36. The van der Waals surface area contributed by atoms with Crippen molar-refractivity contribution in [3.05, 3.63) is 28.2 Å². The lowest BCUT2D eigenvalue weighted by molar-refractivity contribution is 0.137. The summed E-state index contributed by atoms with van der Waals surface area (Å²) in [7, 11) is 1.70. The fourth-order valence-electron chi connectivity index (χ4n) is 2.76. The van der Waals surface area contributed by atoms with E-state index in [1.165, 1.54) is 37.8 Å². The summed E-state index contributed by atoms with van der Waals surface area (Å²) in [4.78, 5) is 2.62. The van der Waals surface area contributed by atoms with Gasteiger partial charge >= 0.3 is 0 Å². The summed E-state index contributed by atoms with van der Waals surface area (Å²) in [5, 5.41) is 1.10. The lowest BCUT2D eigenvalue weighted by Gasteiger charge is -2.35. The third kappa shape index (κ3) is 4.20. The first-order valence-corrected chi connectivity index (χ1v) is 8.78. The van der Waals surface area contributed by atoms with Crippen molar-refractivity contribution < 1.29 is 4.74 Å². The normalized spacial score (nSPS) is 20.5. The minimum absolute atomic E-state index is 0.731. The second-order valence-electron chi connectivity index (χ2n) is 5.07. The SMILES string of the molecule is COc1ccc(CN2CCCCC2CCBr)cc1Br. The van der Waals surface area contributed by atoms with Gasteiger partial charge in [0.1, 0.15) is 5.75 Å². The van der Waals surface area contributed by atoms with E-state index in [4.69, 9.17) is 4.74 Å². The molecule has 1 fully saturated rings. The second-order valence-corrected chi connectivity index (χ2v) is 6.71. The molecule has 2 rings (SSSR count). The molecule has 0 spiro atoms. The van der Waals surface area contributed by atoms with Gasteiger partial charge in [-0.05, 0) is 59.4 Å². The highest BCUT2D eigenvalue weighted by atomic mass is 79.9. The van der Waals surface area contributed by atoms with Crippen LogP contribution in [0.25, 0.3) is 0 Å². The van der Waals surface area contributed by atoms with E-state index in [1.807, 2.05) is 6.07 Å². The van der Waals surface area contributed by atoms with Gasteiger partial charge in [0, 0.05) is 17.9 Å². The number of halogens is 2. The molecule has 1 aromatic carbocycles. The largest absolute Gasteiger partial charge is 0.496 e. The zero-order valence-electron chi connectivity index (χ0n) is 11.4. The van der Waals surface area contributed by atoms with Crippen LogP contribution in [0.15, 0.2) is 22.7 Å². The lowest BCUT2D eigenvalue weighted by atomic mass is 9.99. The highest BCUT2D eigenvalue weighted by Gasteiger charge is 2.21. The summed E-state index contributed by atoms with van der Waals surface area (Å²) < 4.78 is 6.33. The van der Waals surface area contributed by atoms with Crippen molar-refractivity contribution in [1.82, 2.24) is 4.90 Å². The van der Waals surface area contributed by atoms with Crippen LogP contribution in [0.1, 0.15) is 31.2 Å². The molecule has 0 aliphatic carbocycles. The van der Waals surface area contributed by atoms with Gasteiger partial charge in [-0.1, -0.05) is 28.4 Å². The second kappa shape index (κ2) is 7.65. The number of rotatable bonds is 5. The zero-order valence-corrected chi connectivity index (χ0v) is 14.5. The molecule has 1 heterocycles. The number of hydrogen-bond acceptors (Lipinski definition) is 2. The molecule has 1 aliphatic heterocycles. The Morgan fingerprint density at radius 2 is 2.21 bits per heavy atom. The van der Waals surface area contributed by atoms with E-state index in [-0.39, 0.29) is 0 Å². The number of hydrogen-bond donors (Lipinski definition) is 0. The van der Waals surface area contributed by atoms with Crippen molar-refractivity contribution in [3.8, 4) is 5.75 Å². The molecule has 0 radical (unpaired) electrons. The van der Waals surface area contributed by atoms with Gasteiger partial charge in [0.15, 0.2) is 0 Å². The summed E-state index contributed by atoms with van der Waals surface area (Å²) in [5.74, 6) is 0.902. The smallest absolute Gasteiger partial charge is 0.133 e. The Kier molecular flexibility index (Phi) is 6.17. The Bertz CT molecular complexity index is 409. The number of piperidine rings is 1. The molecule has 1 aromatic rings. The van der Waals surface area contributed by atoms with Gasteiger partial charge in [-0.15, -0.1) is 0 Å². The van der Waals surface area contributed by atoms with Crippen LogP contribution in [0.2, 0.25) is 0 Å². The standard InChI is InChI=1S/C15H21Br2NO/c1-19-15-6-5-12(10-14(15)17)11-18-9-3-2-4-13(18)7-8-16/h5-6,10,13H,2-4,7-9,11H2,1H3. The predicted octanol–water partition coefficient (Wildman–Crippen LogP) is 4.60. The molecular formula is C15H21Br2NO. The van der Waals surface area contributed by atoms with E-state index in [1.54, 1.807) is 7.11 Å². The van der Waals surface area contributed by atoms with Crippen molar-refractivity contribution in [1.29, 1.82) is 0 Å². The molecule has 0 amide bonds. The minimum Gasteiger partial charge on any atom is -0.496 e. The first-order chi connectivity index (χ1) is 9.24. The molecule has 1 saturated heterocycles. The third-order valence-corrected chi connectivity index (χ3v) is 4.87. The highest BCUT2D eigenvalue weighted by molar-refractivity contribution is 9.10. The van der Waals surface area contributed by atoms with Crippen LogP contribution in [-0.4, -0.2) is 29.9 Å². The number of nitrogens with zero attached hydrogens (tertiary/aromatic N) is 1. The van der Waals surface area contributed by atoms with E-state index < -0.39 is 0 Å². The van der Waals surface area contributed by atoms with E-state index in [0.717, 1.165) is 28.1 Å². The van der Waals surface area contributed by atoms with Gasteiger partial charge in [0.05, 0.1) is 11.6 Å². The summed E-state index contributed by atoms with van der Waals surface area (Å²) >= 11 is 7.14. The molecule has 106 valence electrons. The van der Waals surface area contributed by atoms with Crippen molar-refractivity contribution in [2.75, 3.05) is 19.0 Å². The first kappa shape index (κ1) is 15.3. The van der Waals surface area contributed by atoms with Gasteiger partial charge in [0.2, 0.25) is 0 Å². The number of methoxy groups -OCH3 is 1. The Morgan fingerprint density at radius 3 is 2.89 bits per heavy atom. The molecule has 2 nitrogen and oxygen atoms in total. The number of likely N-dealkylation sites (tertiary alicyclic amines) is 1. The fraction of sp³-hybridized carbons (Fsp3) is 0.600. The molecule has 1 unspecified atom stereocenters. The Hall–Kier alpha value is -0.0600. The van der Waals surface area contributed by atoms with E-state index >= 15 is 0 Å². The van der Waals surface area contributed by atoms with Gasteiger partial charge in [-0.25, -0.2) is 0 Å². The minimum atomic E-state index is 0.731. The molecule has 0 bridgehead atoms. The van der Waals surface area contributed by atoms with Gasteiger partial charge in [-0.2, -0.15) is 0 Å². The maximum Gasteiger partial charge on any atom is 0.133 e. The molecule has 1 aliphatic rings. The average molecular weight is 391 g/mol. The lowest BCUT2D eigenvalue weighted by Crippen LogP contribution is -2.39. The zero-order chi connectivity index (χ0) is 13.7. The molecular weight excluding hydrogens is 370 g/mol. The van der Waals surface area contributed by atoms with Crippen molar-refractivity contribution in [2.24, 2.45) is 0 Å². The summed E-state index contributed by atoms with van der Waals surface area (Å²) in [6.07, 6.45) is 5.29. The molecule has 0 aromatic heterocycles. The Balaban J connectivity index is 2.04. The van der Waals surface area contributed by atoms with Crippen LogP contribution in [0.5, 0.6) is 5.75 Å². The van der Waals surface area contributed by atoms with Crippen LogP contribution >= 0.6 is 31.9 Å². The van der Waals surface area contributed by atoms with Crippen molar-refractivity contribution in [3.63, 3.8) is 0 Å². The molecule has 0 N–H and O–H groups in total. The topological polar surface area (TPSA) is 12.5 Å². The maximum atomic E-state index is 5.28. The Labute approximate surface area is 132 Å². The molecule has 19 heavy (non-hydrogen) atoms. The monoisotopic (exact) mass is 389 g/mol. The number of ether oxygens (including phenoxy) is 1. The average Bonchev–Trinajstić information content (AvgIpc) is 2.41. The first-order valence-electron chi connectivity index (χ1n) is 6.87. The molecule has 1 atom stereocenters. The van der Waals surface area contributed by atoms with Crippen LogP contribution in [0, 0.1) is 0 Å². The quantitative estimate of drug-likeness (QED) is 0.681. The van der Waals surface area contributed by atoms with E-state index in [2.05, 4.69) is 48.9 Å². The van der Waals surface area contributed by atoms with Crippen LogP contribution in [0.4, 0.5) is 0 Å². The van der Waals surface area contributed by atoms with Crippen LogP contribution in [-0.2, 0) is 6.54 Å². The highest BCUT2D eigenvalue weighted by Crippen LogP contribution is 2.28. The van der Waals surface area contributed by atoms with Gasteiger partial charge in [-0.3, -0.25) is 4.90 Å². The van der Waals surface area contributed by atoms with Crippen molar-refractivity contribution in [2.45, 2.75) is 38.3 Å². The van der Waals surface area contributed by atoms with E-state index in [9.17, 15) is 0 Å². The van der Waals surface area contributed by atoms with Crippen LogP contribution < -0.4 is 4.74 Å². The van der Waals surface area contributed by atoms with Crippen molar-refractivity contribution >= 4 is 31.9 Å². The number of alkyl halides is 1. The van der Waals surface area contributed by atoms with Crippen LogP contribution in [0.3, 0.4) is 0 Å².